The summed E-state index contributed by atoms with van der Waals surface area (Å²) in [5.74, 6) is 0. The molecule has 0 saturated heterocycles. The molecule has 3 heteroatoms. The molecule has 0 unspecified atom stereocenters. The van der Waals surface area contributed by atoms with Crippen LogP contribution in [0.25, 0.3) is 22.4 Å². The van der Waals surface area contributed by atoms with Gasteiger partial charge in [0.2, 0.25) is 0 Å². The van der Waals surface area contributed by atoms with Crippen molar-refractivity contribution in [2.75, 3.05) is 0 Å². The SMILES string of the molecule is c1ccc(N=c2scc(-c3ccc(-c4ccccc4)cc3)n2C2CCCC2)cc1. The maximum Gasteiger partial charge on any atom is 0.190 e. The van der Waals surface area contributed by atoms with Crippen molar-refractivity contribution < 1.29 is 0 Å². The average molecular weight is 397 g/mol. The number of nitrogens with zero attached hydrogens (tertiary/aromatic N) is 2. The summed E-state index contributed by atoms with van der Waals surface area (Å²) < 4.78 is 2.49. The highest BCUT2D eigenvalue weighted by molar-refractivity contribution is 7.07. The van der Waals surface area contributed by atoms with Gasteiger partial charge in [0.05, 0.1) is 11.4 Å². The molecule has 0 spiro atoms. The molecule has 1 saturated carbocycles. The summed E-state index contributed by atoms with van der Waals surface area (Å²) in [7, 11) is 0. The number of thiazole rings is 1. The Morgan fingerprint density at radius 1 is 0.690 bits per heavy atom. The summed E-state index contributed by atoms with van der Waals surface area (Å²) in [5.41, 5.74) is 6.09. The first-order chi connectivity index (χ1) is 14.4. The standard InChI is InChI=1S/C26H24N2S/c1-3-9-20(10-4-1)21-15-17-22(18-16-21)25-19-29-26(27-23-11-5-2-6-12-23)28(25)24-13-7-8-14-24/h1-6,9-12,15-19,24H,7-8,13-14H2. The minimum Gasteiger partial charge on any atom is -0.313 e. The van der Waals surface area contributed by atoms with Crippen LogP contribution in [0.2, 0.25) is 0 Å². The van der Waals surface area contributed by atoms with E-state index < -0.39 is 0 Å². The summed E-state index contributed by atoms with van der Waals surface area (Å²) >= 11 is 1.75. The van der Waals surface area contributed by atoms with E-state index in [-0.39, 0.29) is 0 Å². The quantitative estimate of drug-likeness (QED) is 0.346. The third-order valence-corrected chi connectivity index (χ3v) is 6.54. The number of aromatic nitrogens is 1. The molecule has 0 bridgehead atoms. The normalized spacial score (nSPS) is 15.1. The minimum absolute atomic E-state index is 0.549. The molecule has 2 nitrogen and oxygen atoms in total. The van der Waals surface area contributed by atoms with Gasteiger partial charge in [0.15, 0.2) is 4.80 Å². The fraction of sp³-hybridized carbons (Fsp3) is 0.192. The lowest BCUT2D eigenvalue weighted by Gasteiger charge is -2.16. The number of para-hydroxylation sites is 1. The Labute approximate surface area is 175 Å². The van der Waals surface area contributed by atoms with Crippen LogP contribution in [0.5, 0.6) is 0 Å². The van der Waals surface area contributed by atoms with Crippen molar-refractivity contribution in [1.29, 1.82) is 0 Å². The highest BCUT2D eigenvalue weighted by atomic mass is 32.1. The molecule has 1 aromatic heterocycles. The fourth-order valence-electron chi connectivity index (χ4n) is 4.20. The van der Waals surface area contributed by atoms with E-state index in [0.29, 0.717) is 6.04 Å². The van der Waals surface area contributed by atoms with Crippen molar-refractivity contribution in [2.24, 2.45) is 4.99 Å². The first kappa shape index (κ1) is 18.1. The van der Waals surface area contributed by atoms with Gasteiger partial charge >= 0.3 is 0 Å². The van der Waals surface area contributed by atoms with Gasteiger partial charge < -0.3 is 4.57 Å². The topological polar surface area (TPSA) is 17.3 Å². The van der Waals surface area contributed by atoms with Crippen molar-refractivity contribution >= 4 is 17.0 Å². The molecular formula is C26H24N2S. The van der Waals surface area contributed by atoms with Gasteiger partial charge in [0.1, 0.15) is 0 Å². The van der Waals surface area contributed by atoms with E-state index in [1.807, 2.05) is 6.07 Å². The van der Waals surface area contributed by atoms with Crippen LogP contribution in [0.15, 0.2) is 95.3 Å². The van der Waals surface area contributed by atoms with Crippen LogP contribution in [0.4, 0.5) is 5.69 Å². The highest BCUT2D eigenvalue weighted by Gasteiger charge is 2.21. The summed E-state index contributed by atoms with van der Waals surface area (Å²) in [4.78, 5) is 6.08. The van der Waals surface area contributed by atoms with Crippen LogP contribution in [-0.2, 0) is 0 Å². The molecule has 1 aliphatic carbocycles. The largest absolute Gasteiger partial charge is 0.313 e. The lowest BCUT2D eigenvalue weighted by molar-refractivity contribution is 0.512. The van der Waals surface area contributed by atoms with Crippen molar-refractivity contribution in [3.63, 3.8) is 0 Å². The first-order valence-electron chi connectivity index (χ1n) is 10.3. The Hall–Kier alpha value is -2.91. The second-order valence-corrected chi connectivity index (χ2v) is 8.44. The monoisotopic (exact) mass is 396 g/mol. The van der Waals surface area contributed by atoms with Crippen molar-refractivity contribution in [2.45, 2.75) is 31.7 Å². The number of hydrogen-bond acceptors (Lipinski definition) is 2. The molecule has 0 radical (unpaired) electrons. The molecule has 29 heavy (non-hydrogen) atoms. The third-order valence-electron chi connectivity index (χ3n) is 5.70. The molecule has 0 aliphatic heterocycles. The second-order valence-electron chi connectivity index (χ2n) is 7.60. The van der Waals surface area contributed by atoms with Gasteiger partial charge in [-0.3, -0.25) is 0 Å². The molecule has 1 heterocycles. The number of hydrogen-bond donors (Lipinski definition) is 0. The van der Waals surface area contributed by atoms with Gasteiger partial charge in [-0.2, -0.15) is 0 Å². The molecule has 0 amide bonds. The average Bonchev–Trinajstić information content (AvgIpc) is 3.45. The lowest BCUT2D eigenvalue weighted by atomic mass is 10.0. The first-order valence-corrected chi connectivity index (χ1v) is 11.2. The van der Waals surface area contributed by atoms with Gasteiger partial charge in [-0.15, -0.1) is 11.3 Å². The van der Waals surface area contributed by atoms with E-state index in [1.54, 1.807) is 11.3 Å². The second kappa shape index (κ2) is 8.22. The summed E-state index contributed by atoms with van der Waals surface area (Å²) in [6.07, 6.45) is 5.11. The van der Waals surface area contributed by atoms with E-state index >= 15 is 0 Å². The Bertz CT molecular complexity index is 1130. The summed E-state index contributed by atoms with van der Waals surface area (Å²) in [6, 6.07) is 30.4. The summed E-state index contributed by atoms with van der Waals surface area (Å²) in [5, 5.41) is 2.28. The molecule has 0 N–H and O–H groups in total. The molecule has 1 fully saturated rings. The van der Waals surface area contributed by atoms with Crippen LogP contribution >= 0.6 is 11.3 Å². The lowest BCUT2D eigenvalue weighted by Crippen LogP contribution is -2.19. The Kier molecular flexibility index (Phi) is 5.14. The van der Waals surface area contributed by atoms with E-state index in [4.69, 9.17) is 4.99 Å². The zero-order valence-electron chi connectivity index (χ0n) is 16.4. The van der Waals surface area contributed by atoms with E-state index in [0.717, 1.165) is 10.5 Å². The van der Waals surface area contributed by atoms with Crippen molar-refractivity contribution in [1.82, 2.24) is 4.57 Å². The van der Waals surface area contributed by atoms with Crippen LogP contribution < -0.4 is 4.80 Å². The zero-order chi connectivity index (χ0) is 19.5. The highest BCUT2D eigenvalue weighted by Crippen LogP contribution is 2.34. The minimum atomic E-state index is 0.549. The molecule has 3 aromatic carbocycles. The molecule has 4 aromatic rings. The predicted molar refractivity (Wildman–Crippen MR) is 122 cm³/mol. The molecule has 144 valence electrons. The fourth-order valence-corrected chi connectivity index (χ4v) is 5.19. The van der Waals surface area contributed by atoms with Crippen LogP contribution in [-0.4, -0.2) is 4.57 Å². The smallest absolute Gasteiger partial charge is 0.190 e. The Morgan fingerprint density at radius 3 is 1.97 bits per heavy atom. The van der Waals surface area contributed by atoms with Gasteiger partial charge in [-0.25, -0.2) is 4.99 Å². The van der Waals surface area contributed by atoms with E-state index in [1.165, 1.54) is 48.1 Å². The van der Waals surface area contributed by atoms with Crippen LogP contribution in [0.3, 0.4) is 0 Å². The summed E-state index contributed by atoms with van der Waals surface area (Å²) in [6.45, 7) is 0. The Balaban J connectivity index is 1.57. The molecule has 0 atom stereocenters. The Morgan fingerprint density at radius 2 is 1.28 bits per heavy atom. The van der Waals surface area contributed by atoms with Gasteiger partial charge in [-0.1, -0.05) is 85.6 Å². The maximum atomic E-state index is 4.98. The maximum absolute atomic E-state index is 4.98. The van der Waals surface area contributed by atoms with Gasteiger partial charge in [-0.05, 0) is 41.7 Å². The van der Waals surface area contributed by atoms with Crippen molar-refractivity contribution in [3.8, 4) is 22.4 Å². The van der Waals surface area contributed by atoms with Crippen LogP contribution in [0.1, 0.15) is 31.7 Å². The third kappa shape index (κ3) is 3.83. The van der Waals surface area contributed by atoms with E-state index in [9.17, 15) is 0 Å². The molecule has 5 rings (SSSR count). The number of benzene rings is 3. The predicted octanol–water partition coefficient (Wildman–Crippen LogP) is 7.23. The van der Waals surface area contributed by atoms with E-state index in [2.05, 4.69) is 88.8 Å². The van der Waals surface area contributed by atoms with Gasteiger partial charge in [0, 0.05) is 11.4 Å². The van der Waals surface area contributed by atoms with Gasteiger partial charge in [0.25, 0.3) is 0 Å². The molecular weight excluding hydrogens is 372 g/mol. The number of rotatable bonds is 4. The zero-order valence-corrected chi connectivity index (χ0v) is 17.2. The molecule has 1 aliphatic rings. The van der Waals surface area contributed by atoms with Crippen molar-refractivity contribution in [3.05, 3.63) is 95.1 Å². The van der Waals surface area contributed by atoms with Crippen LogP contribution in [0, 0.1) is 0 Å².